The molecule has 6 heteroatoms. The minimum absolute atomic E-state index is 0.0540. The number of hydrogen-bond donors (Lipinski definition) is 1. The smallest absolute Gasteiger partial charge is 0.271 e. The normalized spacial score (nSPS) is 17.0. The maximum absolute atomic E-state index is 13.1. The van der Waals surface area contributed by atoms with Crippen LogP contribution in [0.5, 0.6) is 0 Å². The van der Waals surface area contributed by atoms with Crippen molar-refractivity contribution in [3.8, 4) is 0 Å². The number of piperazine rings is 1. The summed E-state index contributed by atoms with van der Waals surface area (Å²) in [6, 6.07) is 14.0. The predicted octanol–water partition coefficient (Wildman–Crippen LogP) is 3.09. The molecule has 2 aromatic rings. The van der Waals surface area contributed by atoms with E-state index in [2.05, 4.69) is 42.4 Å². The minimum atomic E-state index is -0.0689. The molecular formula is C24H28N4O2. The molecule has 0 saturated carbocycles. The van der Waals surface area contributed by atoms with Crippen LogP contribution in [0.1, 0.15) is 23.1 Å². The van der Waals surface area contributed by atoms with Crippen LogP contribution in [0.25, 0.3) is 0 Å². The molecule has 0 unspecified atom stereocenters. The van der Waals surface area contributed by atoms with Gasteiger partial charge in [0.25, 0.3) is 5.91 Å². The summed E-state index contributed by atoms with van der Waals surface area (Å²) >= 11 is 0. The Morgan fingerprint density at radius 2 is 1.53 bits per heavy atom. The molecule has 1 N–H and O–H groups in total. The summed E-state index contributed by atoms with van der Waals surface area (Å²) in [7, 11) is 0. The first kappa shape index (κ1) is 20.0. The van der Waals surface area contributed by atoms with Gasteiger partial charge in [0.05, 0.1) is 5.69 Å². The van der Waals surface area contributed by atoms with E-state index in [1.54, 1.807) is 6.08 Å². The topological polar surface area (TPSA) is 55.9 Å². The zero-order chi connectivity index (χ0) is 21.3. The highest BCUT2D eigenvalue weighted by molar-refractivity contribution is 6.01. The first-order valence-corrected chi connectivity index (χ1v) is 10.4. The predicted molar refractivity (Wildman–Crippen MR) is 119 cm³/mol. The number of amides is 2. The lowest BCUT2D eigenvalue weighted by atomic mass is 10.1. The van der Waals surface area contributed by atoms with E-state index in [0.29, 0.717) is 18.8 Å². The number of aryl methyl sites for hydroxylation is 2. The van der Waals surface area contributed by atoms with E-state index < -0.39 is 0 Å². The van der Waals surface area contributed by atoms with Crippen LogP contribution < -0.4 is 15.3 Å². The van der Waals surface area contributed by atoms with Gasteiger partial charge in [-0.15, -0.1) is 0 Å². The fourth-order valence-electron chi connectivity index (χ4n) is 4.05. The van der Waals surface area contributed by atoms with Gasteiger partial charge in [-0.1, -0.05) is 30.3 Å². The third-order valence-corrected chi connectivity index (χ3v) is 6.03. The number of hydrogen-bond acceptors (Lipinski definition) is 4. The number of carbonyl (C=O) groups is 2. The average molecular weight is 405 g/mol. The van der Waals surface area contributed by atoms with Crippen molar-refractivity contribution in [2.75, 3.05) is 36.1 Å². The van der Waals surface area contributed by atoms with Crippen molar-refractivity contribution in [2.24, 2.45) is 0 Å². The number of rotatable bonds is 3. The van der Waals surface area contributed by atoms with Crippen LogP contribution in [0.3, 0.4) is 0 Å². The molecule has 0 bridgehead atoms. The van der Waals surface area contributed by atoms with Gasteiger partial charge in [-0.2, -0.15) is 0 Å². The second-order valence-corrected chi connectivity index (χ2v) is 7.95. The van der Waals surface area contributed by atoms with E-state index in [1.165, 1.54) is 21.8 Å². The Morgan fingerprint density at radius 1 is 0.867 bits per heavy atom. The number of para-hydroxylation sites is 1. The average Bonchev–Trinajstić information content (AvgIpc) is 2.76. The lowest BCUT2D eigenvalue weighted by Gasteiger charge is -2.38. The van der Waals surface area contributed by atoms with E-state index in [9.17, 15) is 9.59 Å². The molecule has 30 heavy (non-hydrogen) atoms. The van der Waals surface area contributed by atoms with Crippen molar-refractivity contribution in [1.82, 2.24) is 10.3 Å². The maximum Gasteiger partial charge on any atom is 0.271 e. The fourth-order valence-corrected chi connectivity index (χ4v) is 4.05. The lowest BCUT2D eigenvalue weighted by molar-refractivity contribution is -0.128. The Hall–Kier alpha value is -3.28. The van der Waals surface area contributed by atoms with Crippen LogP contribution in [-0.4, -0.2) is 42.9 Å². The van der Waals surface area contributed by atoms with Gasteiger partial charge < -0.3 is 9.80 Å². The van der Waals surface area contributed by atoms with E-state index in [0.717, 1.165) is 24.3 Å². The highest BCUT2D eigenvalue weighted by atomic mass is 16.2. The highest BCUT2D eigenvalue weighted by Crippen LogP contribution is 2.25. The molecule has 4 rings (SSSR count). The van der Waals surface area contributed by atoms with Crippen LogP contribution in [0.4, 0.5) is 11.4 Å². The van der Waals surface area contributed by atoms with Gasteiger partial charge in [0, 0.05) is 38.3 Å². The molecule has 1 fully saturated rings. The Kier molecular flexibility index (Phi) is 5.48. The second-order valence-electron chi connectivity index (χ2n) is 7.95. The Labute approximate surface area is 177 Å². The molecule has 2 aliphatic rings. The number of benzene rings is 2. The van der Waals surface area contributed by atoms with Gasteiger partial charge >= 0.3 is 0 Å². The largest absolute Gasteiger partial charge is 0.368 e. The van der Waals surface area contributed by atoms with Gasteiger partial charge in [0.15, 0.2) is 0 Å². The number of hydrazine groups is 1. The number of anilines is 2. The second kappa shape index (κ2) is 8.22. The summed E-state index contributed by atoms with van der Waals surface area (Å²) in [4.78, 5) is 29.8. The molecule has 1 saturated heterocycles. The summed E-state index contributed by atoms with van der Waals surface area (Å²) in [5.41, 5.74) is 9.10. The Morgan fingerprint density at radius 3 is 2.27 bits per heavy atom. The molecule has 156 valence electrons. The van der Waals surface area contributed by atoms with E-state index in [1.807, 2.05) is 36.1 Å². The van der Waals surface area contributed by atoms with Crippen LogP contribution in [-0.2, 0) is 9.59 Å². The van der Waals surface area contributed by atoms with Crippen molar-refractivity contribution in [1.29, 1.82) is 0 Å². The Bertz CT molecular complexity index is 1010. The van der Waals surface area contributed by atoms with Crippen LogP contribution in [0, 0.1) is 20.8 Å². The van der Waals surface area contributed by atoms with E-state index >= 15 is 0 Å². The first-order valence-electron chi connectivity index (χ1n) is 10.4. The molecule has 0 atom stereocenters. The van der Waals surface area contributed by atoms with Crippen LogP contribution in [0.15, 0.2) is 54.2 Å². The van der Waals surface area contributed by atoms with Crippen molar-refractivity contribution in [3.05, 3.63) is 70.9 Å². The first-order chi connectivity index (χ1) is 14.5. The van der Waals surface area contributed by atoms with Crippen molar-refractivity contribution in [3.63, 3.8) is 0 Å². The molecule has 0 spiro atoms. The van der Waals surface area contributed by atoms with E-state index in [-0.39, 0.29) is 18.2 Å². The molecular weight excluding hydrogens is 376 g/mol. The standard InChI is InChI=1S/C24H28N4O2/c1-17-8-6-10-22(19(17)3)26-13-15-27(16-14-26)24(30)20-11-12-23(29)28(25-20)21-9-5-4-7-18(21)2/h4-11,25H,12-16H2,1-3H3. The van der Waals surface area contributed by atoms with Gasteiger partial charge in [0.2, 0.25) is 5.91 Å². The van der Waals surface area contributed by atoms with Crippen LogP contribution >= 0.6 is 0 Å². The molecule has 2 aliphatic heterocycles. The molecule has 2 heterocycles. The molecule has 0 radical (unpaired) electrons. The molecule has 2 amide bonds. The fraction of sp³-hybridized carbons (Fsp3) is 0.333. The van der Waals surface area contributed by atoms with Crippen molar-refractivity contribution < 1.29 is 9.59 Å². The number of carbonyl (C=O) groups excluding carboxylic acids is 2. The summed E-state index contributed by atoms with van der Waals surface area (Å²) in [5, 5.41) is 1.49. The molecule has 6 nitrogen and oxygen atoms in total. The zero-order valence-corrected chi connectivity index (χ0v) is 17.8. The monoisotopic (exact) mass is 404 g/mol. The van der Waals surface area contributed by atoms with E-state index in [4.69, 9.17) is 0 Å². The lowest BCUT2D eigenvalue weighted by Crippen LogP contribution is -2.54. The van der Waals surface area contributed by atoms with Crippen molar-refractivity contribution >= 4 is 23.2 Å². The van der Waals surface area contributed by atoms with Gasteiger partial charge in [-0.05, 0) is 55.7 Å². The summed E-state index contributed by atoms with van der Waals surface area (Å²) in [6.07, 6.45) is 1.92. The number of nitrogens with one attached hydrogen (secondary N) is 1. The third-order valence-electron chi connectivity index (χ3n) is 6.03. The minimum Gasteiger partial charge on any atom is -0.368 e. The highest BCUT2D eigenvalue weighted by Gasteiger charge is 2.29. The van der Waals surface area contributed by atoms with Gasteiger partial charge in [0.1, 0.15) is 5.70 Å². The Balaban J connectivity index is 1.43. The zero-order valence-electron chi connectivity index (χ0n) is 17.8. The van der Waals surface area contributed by atoms with Gasteiger partial charge in [-0.25, -0.2) is 5.01 Å². The molecule has 2 aromatic carbocycles. The number of nitrogens with zero attached hydrogens (tertiary/aromatic N) is 3. The van der Waals surface area contributed by atoms with Crippen molar-refractivity contribution in [2.45, 2.75) is 27.2 Å². The quantitative estimate of drug-likeness (QED) is 0.854. The molecule has 0 aromatic heterocycles. The SMILES string of the molecule is Cc1ccccc1N1NC(C(=O)N2CCN(c3cccc(C)c3C)CC2)=CCC1=O. The summed E-state index contributed by atoms with van der Waals surface area (Å²) in [5.74, 6) is -0.123. The van der Waals surface area contributed by atoms with Gasteiger partial charge in [-0.3, -0.25) is 15.0 Å². The third kappa shape index (κ3) is 3.77. The maximum atomic E-state index is 13.1. The summed E-state index contributed by atoms with van der Waals surface area (Å²) in [6.45, 7) is 9.13. The summed E-state index contributed by atoms with van der Waals surface area (Å²) < 4.78 is 0. The molecule has 0 aliphatic carbocycles. The van der Waals surface area contributed by atoms with Crippen LogP contribution in [0.2, 0.25) is 0 Å².